The minimum Gasteiger partial charge on any atom is -0.494 e. The van der Waals surface area contributed by atoms with Crippen LogP contribution in [0, 0.1) is 0 Å². The minimum atomic E-state index is -3.41. The summed E-state index contributed by atoms with van der Waals surface area (Å²) in [7, 11) is -0.249. The Balaban J connectivity index is 1.37. The molecule has 5 rings (SSSR count). The van der Waals surface area contributed by atoms with E-state index < -0.39 is 10.0 Å². The van der Waals surface area contributed by atoms with E-state index in [4.69, 9.17) is 14.5 Å². The molecule has 0 atom stereocenters. The maximum absolute atomic E-state index is 12.1. The number of aromatic amines is 1. The number of ether oxygens (including phenoxy) is 2. The van der Waals surface area contributed by atoms with Crippen molar-refractivity contribution in [2.24, 2.45) is 0 Å². The highest BCUT2D eigenvalue weighted by Gasteiger charge is 2.18. The van der Waals surface area contributed by atoms with Crippen molar-refractivity contribution >= 4 is 44.2 Å². The number of nitrogens with one attached hydrogen (secondary N) is 4. The van der Waals surface area contributed by atoms with Gasteiger partial charge in [0.05, 0.1) is 30.1 Å². The predicted octanol–water partition coefficient (Wildman–Crippen LogP) is 3.85. The summed E-state index contributed by atoms with van der Waals surface area (Å²) in [5, 5.41) is 10.8. The second-order valence-corrected chi connectivity index (χ2v) is 11.4. The highest BCUT2D eigenvalue weighted by Crippen LogP contribution is 2.33. The van der Waals surface area contributed by atoms with Crippen LogP contribution in [0.1, 0.15) is 18.4 Å². The SMILES string of the molecule is COc1cc(OC2CCNCC2)ccc1Nc1nc(NCc2ccccc2N(C)S(C)(=O)=O)c2cc[nH]c2n1. The molecule has 12 heteroatoms. The third-order valence-electron chi connectivity index (χ3n) is 6.70. The molecule has 3 heterocycles. The monoisotopic (exact) mass is 551 g/mol. The van der Waals surface area contributed by atoms with E-state index in [1.54, 1.807) is 26.4 Å². The van der Waals surface area contributed by atoms with Crippen molar-refractivity contribution in [3.05, 3.63) is 60.3 Å². The summed E-state index contributed by atoms with van der Waals surface area (Å²) in [5.41, 5.74) is 2.77. The molecule has 0 spiro atoms. The quantitative estimate of drug-likeness (QED) is 0.232. The number of rotatable bonds is 10. The molecule has 4 N–H and O–H groups in total. The first-order valence-electron chi connectivity index (χ1n) is 12.7. The van der Waals surface area contributed by atoms with Crippen LogP contribution in [0.4, 0.5) is 23.1 Å². The summed E-state index contributed by atoms with van der Waals surface area (Å²) in [6.07, 6.45) is 5.11. The van der Waals surface area contributed by atoms with E-state index in [-0.39, 0.29) is 6.10 Å². The Morgan fingerprint density at radius 2 is 1.90 bits per heavy atom. The lowest BCUT2D eigenvalue weighted by Crippen LogP contribution is -2.34. The first-order valence-corrected chi connectivity index (χ1v) is 14.6. The lowest BCUT2D eigenvalue weighted by Gasteiger charge is -2.24. The van der Waals surface area contributed by atoms with Gasteiger partial charge in [0.2, 0.25) is 16.0 Å². The van der Waals surface area contributed by atoms with Gasteiger partial charge in [-0.1, -0.05) is 18.2 Å². The van der Waals surface area contributed by atoms with Crippen molar-refractivity contribution in [3.8, 4) is 11.5 Å². The molecule has 0 aliphatic carbocycles. The Kier molecular flexibility index (Phi) is 7.75. The van der Waals surface area contributed by atoms with E-state index in [0.717, 1.165) is 42.6 Å². The summed E-state index contributed by atoms with van der Waals surface area (Å²) in [4.78, 5) is 12.5. The number of nitrogens with zero attached hydrogens (tertiary/aromatic N) is 3. The standard InChI is InChI=1S/C27H33N7O4S/c1-34(39(3,35)36)23-7-5-4-6-18(23)17-30-26-21-12-15-29-25(21)32-27(33-26)31-22-9-8-20(16-24(22)37-2)38-19-10-13-28-14-11-19/h4-9,12,15-16,19,28H,10-11,13-14,17H2,1-3H3,(H3,29,30,31,32,33). The van der Waals surface area contributed by atoms with Crippen molar-refractivity contribution in [1.82, 2.24) is 20.3 Å². The second-order valence-electron chi connectivity index (χ2n) is 9.40. The molecule has 0 unspecified atom stereocenters. The fourth-order valence-electron chi connectivity index (χ4n) is 4.53. The molecule has 0 radical (unpaired) electrons. The molecule has 206 valence electrons. The van der Waals surface area contributed by atoms with Gasteiger partial charge in [0.25, 0.3) is 0 Å². The van der Waals surface area contributed by atoms with Crippen LogP contribution in [0.5, 0.6) is 11.5 Å². The molecule has 2 aromatic heterocycles. The molecule has 1 aliphatic rings. The highest BCUT2D eigenvalue weighted by atomic mass is 32.2. The summed E-state index contributed by atoms with van der Waals surface area (Å²) >= 11 is 0. The maximum Gasteiger partial charge on any atom is 0.232 e. The Morgan fingerprint density at radius 1 is 1.10 bits per heavy atom. The van der Waals surface area contributed by atoms with Crippen molar-refractivity contribution in [3.63, 3.8) is 0 Å². The number of benzene rings is 2. The predicted molar refractivity (Wildman–Crippen MR) is 154 cm³/mol. The lowest BCUT2D eigenvalue weighted by molar-refractivity contribution is 0.162. The average Bonchev–Trinajstić information content (AvgIpc) is 3.41. The topological polar surface area (TPSA) is 134 Å². The average molecular weight is 552 g/mol. The number of hydrogen-bond donors (Lipinski definition) is 4. The fourth-order valence-corrected chi connectivity index (χ4v) is 5.07. The fraction of sp³-hybridized carbons (Fsp3) is 0.333. The van der Waals surface area contributed by atoms with Gasteiger partial charge in [0.15, 0.2) is 0 Å². The van der Waals surface area contributed by atoms with Crippen LogP contribution in [0.2, 0.25) is 0 Å². The van der Waals surface area contributed by atoms with Crippen LogP contribution in [-0.2, 0) is 16.6 Å². The van der Waals surface area contributed by atoms with E-state index in [0.29, 0.717) is 41.1 Å². The number of sulfonamides is 1. The van der Waals surface area contributed by atoms with E-state index in [1.165, 1.54) is 10.6 Å². The van der Waals surface area contributed by atoms with Gasteiger partial charge in [0.1, 0.15) is 29.1 Å². The summed E-state index contributed by atoms with van der Waals surface area (Å²) in [6, 6.07) is 14.9. The van der Waals surface area contributed by atoms with E-state index in [2.05, 4.69) is 25.9 Å². The molecule has 0 amide bonds. The molecule has 39 heavy (non-hydrogen) atoms. The van der Waals surface area contributed by atoms with Crippen molar-refractivity contribution < 1.29 is 17.9 Å². The lowest BCUT2D eigenvalue weighted by atomic mass is 10.1. The molecule has 11 nitrogen and oxygen atoms in total. The van der Waals surface area contributed by atoms with Crippen molar-refractivity contribution in [1.29, 1.82) is 0 Å². The van der Waals surface area contributed by atoms with Gasteiger partial charge in [-0.2, -0.15) is 9.97 Å². The van der Waals surface area contributed by atoms with Crippen LogP contribution < -0.4 is 29.7 Å². The van der Waals surface area contributed by atoms with Crippen molar-refractivity contribution in [2.45, 2.75) is 25.5 Å². The van der Waals surface area contributed by atoms with E-state index >= 15 is 0 Å². The third kappa shape index (κ3) is 6.18. The molecular weight excluding hydrogens is 518 g/mol. The number of aromatic nitrogens is 3. The van der Waals surface area contributed by atoms with Gasteiger partial charge in [-0.3, -0.25) is 4.31 Å². The zero-order chi connectivity index (χ0) is 27.4. The van der Waals surface area contributed by atoms with Crippen LogP contribution in [0.25, 0.3) is 11.0 Å². The zero-order valence-corrected chi connectivity index (χ0v) is 23.0. The molecule has 4 aromatic rings. The Morgan fingerprint density at radius 3 is 2.67 bits per heavy atom. The second kappa shape index (κ2) is 11.4. The van der Waals surface area contributed by atoms with Gasteiger partial charge in [-0.15, -0.1) is 0 Å². The minimum absolute atomic E-state index is 0.185. The molecule has 1 saturated heterocycles. The van der Waals surface area contributed by atoms with E-state index in [1.807, 2.05) is 42.5 Å². The van der Waals surface area contributed by atoms with Crippen LogP contribution in [0.15, 0.2) is 54.7 Å². The Bertz CT molecular complexity index is 1550. The van der Waals surface area contributed by atoms with E-state index in [9.17, 15) is 8.42 Å². The number of para-hydroxylation sites is 1. The van der Waals surface area contributed by atoms with Crippen LogP contribution in [0.3, 0.4) is 0 Å². The molecule has 1 aliphatic heterocycles. The maximum atomic E-state index is 12.1. The van der Waals surface area contributed by atoms with Gasteiger partial charge < -0.3 is 30.4 Å². The largest absolute Gasteiger partial charge is 0.494 e. The number of piperidine rings is 1. The van der Waals surface area contributed by atoms with Crippen molar-refractivity contribution in [2.75, 3.05) is 48.4 Å². The number of H-pyrrole nitrogens is 1. The van der Waals surface area contributed by atoms with Crippen LogP contribution >= 0.6 is 0 Å². The number of fused-ring (bicyclic) bond motifs is 1. The number of anilines is 4. The van der Waals surface area contributed by atoms with Gasteiger partial charge in [0, 0.05) is 25.9 Å². The molecule has 0 bridgehead atoms. The van der Waals surface area contributed by atoms with Crippen LogP contribution in [-0.4, -0.2) is 63.0 Å². The highest BCUT2D eigenvalue weighted by molar-refractivity contribution is 7.92. The number of methoxy groups -OCH3 is 1. The first-order chi connectivity index (χ1) is 18.8. The van der Waals surface area contributed by atoms with Gasteiger partial charge in [-0.05, 0) is 55.8 Å². The van der Waals surface area contributed by atoms with Gasteiger partial charge in [-0.25, -0.2) is 8.42 Å². The van der Waals surface area contributed by atoms with Gasteiger partial charge >= 0.3 is 0 Å². The molecule has 1 fully saturated rings. The zero-order valence-electron chi connectivity index (χ0n) is 22.2. The Labute approximate surface area is 228 Å². The third-order valence-corrected chi connectivity index (χ3v) is 7.89. The first kappa shape index (κ1) is 26.6. The normalized spacial score (nSPS) is 14.2. The molecule has 2 aromatic carbocycles. The molecule has 0 saturated carbocycles. The summed E-state index contributed by atoms with van der Waals surface area (Å²) < 4.78 is 37.3. The smallest absolute Gasteiger partial charge is 0.232 e. The molecular formula is C27H33N7O4S. The summed E-state index contributed by atoms with van der Waals surface area (Å²) in [6.45, 7) is 2.27. The Hall–Kier alpha value is -4.03. The number of hydrogen-bond acceptors (Lipinski definition) is 9. The summed E-state index contributed by atoms with van der Waals surface area (Å²) in [5.74, 6) is 2.35.